The van der Waals surface area contributed by atoms with Crippen LogP contribution in [0.5, 0.6) is 0 Å². The molecule has 0 spiro atoms. The van der Waals surface area contributed by atoms with Crippen LogP contribution in [-0.2, 0) is 17.9 Å². The molecule has 1 aliphatic carbocycles. The highest BCUT2D eigenvalue weighted by molar-refractivity contribution is 9.10. The van der Waals surface area contributed by atoms with Gasteiger partial charge in [0.15, 0.2) is 0 Å². The standard InChI is InChI=1S/C18H20BrNO/c1-21-12-16-17(19)7-4-8-18(16)20-11-14-5-2-3-6-15(14)13-9-10-13/h2-8,13,20H,9-12H2,1H3. The van der Waals surface area contributed by atoms with Crippen LogP contribution < -0.4 is 5.32 Å². The van der Waals surface area contributed by atoms with Gasteiger partial charge in [0.05, 0.1) is 6.61 Å². The van der Waals surface area contributed by atoms with Crippen LogP contribution in [0, 0.1) is 0 Å². The Labute approximate surface area is 134 Å². The van der Waals surface area contributed by atoms with Crippen LogP contribution in [0.4, 0.5) is 5.69 Å². The summed E-state index contributed by atoms with van der Waals surface area (Å²) in [6, 6.07) is 15.0. The normalized spacial score (nSPS) is 14.2. The lowest BCUT2D eigenvalue weighted by molar-refractivity contribution is 0.185. The molecule has 2 nitrogen and oxygen atoms in total. The molecular weight excluding hydrogens is 326 g/mol. The highest BCUT2D eigenvalue weighted by Crippen LogP contribution is 2.41. The van der Waals surface area contributed by atoms with Crippen molar-refractivity contribution < 1.29 is 4.74 Å². The molecule has 1 saturated carbocycles. The van der Waals surface area contributed by atoms with Gasteiger partial charge in [0.25, 0.3) is 0 Å². The van der Waals surface area contributed by atoms with Crippen molar-refractivity contribution in [3.8, 4) is 0 Å². The van der Waals surface area contributed by atoms with E-state index < -0.39 is 0 Å². The SMILES string of the molecule is COCc1c(Br)cccc1NCc1ccccc1C1CC1. The fraction of sp³-hybridized carbons (Fsp3) is 0.333. The Balaban J connectivity index is 1.77. The second kappa shape index (κ2) is 6.63. The molecule has 1 aliphatic rings. The van der Waals surface area contributed by atoms with Gasteiger partial charge in [-0.15, -0.1) is 0 Å². The summed E-state index contributed by atoms with van der Waals surface area (Å²) in [5.41, 5.74) is 5.22. The number of halogens is 1. The highest BCUT2D eigenvalue weighted by atomic mass is 79.9. The molecule has 21 heavy (non-hydrogen) atoms. The number of hydrogen-bond donors (Lipinski definition) is 1. The fourth-order valence-corrected chi connectivity index (χ4v) is 3.17. The van der Waals surface area contributed by atoms with Crippen molar-refractivity contribution in [2.75, 3.05) is 12.4 Å². The average molecular weight is 346 g/mol. The second-order valence-electron chi connectivity index (χ2n) is 5.53. The number of hydrogen-bond acceptors (Lipinski definition) is 2. The number of rotatable bonds is 6. The Kier molecular flexibility index (Phi) is 4.61. The third kappa shape index (κ3) is 3.47. The van der Waals surface area contributed by atoms with Gasteiger partial charge in [-0.25, -0.2) is 0 Å². The number of methoxy groups -OCH3 is 1. The predicted molar refractivity (Wildman–Crippen MR) is 90.6 cm³/mol. The molecule has 0 aliphatic heterocycles. The number of nitrogens with one attached hydrogen (secondary N) is 1. The van der Waals surface area contributed by atoms with Gasteiger partial charge in [-0.3, -0.25) is 0 Å². The Morgan fingerprint density at radius 1 is 1.14 bits per heavy atom. The lowest BCUT2D eigenvalue weighted by Gasteiger charge is -2.15. The fourth-order valence-electron chi connectivity index (χ4n) is 2.69. The Morgan fingerprint density at radius 2 is 1.95 bits per heavy atom. The molecule has 0 saturated heterocycles. The van der Waals surface area contributed by atoms with Crippen molar-refractivity contribution in [3.05, 3.63) is 63.6 Å². The van der Waals surface area contributed by atoms with E-state index in [0.717, 1.165) is 22.6 Å². The molecule has 3 rings (SSSR count). The maximum atomic E-state index is 5.30. The second-order valence-corrected chi connectivity index (χ2v) is 6.38. The van der Waals surface area contributed by atoms with Crippen LogP contribution in [0.15, 0.2) is 46.9 Å². The Bertz CT molecular complexity index is 622. The zero-order valence-electron chi connectivity index (χ0n) is 12.2. The summed E-state index contributed by atoms with van der Waals surface area (Å²) in [6.07, 6.45) is 2.67. The van der Waals surface area contributed by atoms with E-state index in [-0.39, 0.29) is 0 Å². The summed E-state index contributed by atoms with van der Waals surface area (Å²) in [7, 11) is 1.73. The van der Waals surface area contributed by atoms with Crippen LogP contribution in [0.25, 0.3) is 0 Å². The maximum absolute atomic E-state index is 5.30. The smallest absolute Gasteiger partial charge is 0.0744 e. The van der Waals surface area contributed by atoms with E-state index in [0.29, 0.717) is 6.61 Å². The van der Waals surface area contributed by atoms with E-state index in [1.807, 2.05) is 0 Å². The number of benzene rings is 2. The molecule has 0 atom stereocenters. The van der Waals surface area contributed by atoms with Gasteiger partial charge in [0.1, 0.15) is 0 Å². The summed E-state index contributed by atoms with van der Waals surface area (Å²) in [6.45, 7) is 1.47. The van der Waals surface area contributed by atoms with Gasteiger partial charge in [-0.2, -0.15) is 0 Å². The van der Waals surface area contributed by atoms with Crippen LogP contribution in [0.3, 0.4) is 0 Å². The minimum atomic E-state index is 0.605. The molecule has 0 radical (unpaired) electrons. The van der Waals surface area contributed by atoms with Crippen LogP contribution in [-0.4, -0.2) is 7.11 Å². The zero-order valence-corrected chi connectivity index (χ0v) is 13.8. The molecule has 0 bridgehead atoms. The maximum Gasteiger partial charge on any atom is 0.0744 e. The van der Waals surface area contributed by atoms with Crippen molar-refractivity contribution in [1.82, 2.24) is 0 Å². The van der Waals surface area contributed by atoms with Gasteiger partial charge in [0, 0.05) is 29.4 Å². The lowest BCUT2D eigenvalue weighted by atomic mass is 10.0. The number of anilines is 1. The molecule has 0 unspecified atom stereocenters. The van der Waals surface area contributed by atoms with E-state index in [4.69, 9.17) is 4.74 Å². The van der Waals surface area contributed by atoms with Crippen molar-refractivity contribution in [2.45, 2.75) is 31.9 Å². The first kappa shape index (κ1) is 14.6. The first-order valence-electron chi connectivity index (χ1n) is 7.37. The largest absolute Gasteiger partial charge is 0.381 e. The van der Waals surface area contributed by atoms with Gasteiger partial charge < -0.3 is 10.1 Å². The summed E-state index contributed by atoms with van der Waals surface area (Å²) in [5.74, 6) is 0.781. The van der Waals surface area contributed by atoms with Crippen LogP contribution in [0.1, 0.15) is 35.4 Å². The summed E-state index contributed by atoms with van der Waals surface area (Å²) < 4.78 is 6.39. The van der Waals surface area contributed by atoms with Crippen LogP contribution >= 0.6 is 15.9 Å². The molecule has 3 heteroatoms. The third-order valence-corrected chi connectivity index (χ3v) is 4.69. The molecule has 0 amide bonds. The quantitative estimate of drug-likeness (QED) is 0.787. The van der Waals surface area contributed by atoms with Crippen molar-refractivity contribution >= 4 is 21.6 Å². The predicted octanol–water partition coefficient (Wildman–Crippen LogP) is 5.09. The average Bonchev–Trinajstić information content (AvgIpc) is 3.33. The molecule has 1 N–H and O–H groups in total. The summed E-state index contributed by atoms with van der Waals surface area (Å²) in [5, 5.41) is 3.57. The van der Waals surface area contributed by atoms with E-state index in [2.05, 4.69) is 63.7 Å². The monoisotopic (exact) mass is 345 g/mol. The topological polar surface area (TPSA) is 21.3 Å². The molecule has 0 aromatic heterocycles. The molecule has 110 valence electrons. The van der Waals surface area contributed by atoms with E-state index >= 15 is 0 Å². The zero-order chi connectivity index (χ0) is 14.7. The Morgan fingerprint density at radius 3 is 2.71 bits per heavy atom. The minimum Gasteiger partial charge on any atom is -0.381 e. The van der Waals surface area contributed by atoms with E-state index in [1.165, 1.54) is 29.5 Å². The number of ether oxygens (including phenoxy) is 1. The van der Waals surface area contributed by atoms with Gasteiger partial charge in [-0.1, -0.05) is 46.3 Å². The lowest BCUT2D eigenvalue weighted by Crippen LogP contribution is -2.05. The van der Waals surface area contributed by atoms with E-state index in [1.54, 1.807) is 7.11 Å². The van der Waals surface area contributed by atoms with Gasteiger partial charge in [-0.05, 0) is 42.0 Å². The third-order valence-electron chi connectivity index (χ3n) is 3.95. The first-order valence-corrected chi connectivity index (χ1v) is 8.17. The van der Waals surface area contributed by atoms with Gasteiger partial charge >= 0.3 is 0 Å². The molecule has 2 aromatic rings. The van der Waals surface area contributed by atoms with E-state index in [9.17, 15) is 0 Å². The summed E-state index contributed by atoms with van der Waals surface area (Å²) >= 11 is 3.60. The van der Waals surface area contributed by atoms with Crippen LogP contribution in [0.2, 0.25) is 0 Å². The van der Waals surface area contributed by atoms with Gasteiger partial charge in [0.2, 0.25) is 0 Å². The van der Waals surface area contributed by atoms with Crippen molar-refractivity contribution in [3.63, 3.8) is 0 Å². The minimum absolute atomic E-state index is 0.605. The summed E-state index contributed by atoms with van der Waals surface area (Å²) in [4.78, 5) is 0. The molecule has 2 aromatic carbocycles. The molecular formula is C18H20BrNO. The molecule has 1 fully saturated rings. The van der Waals surface area contributed by atoms with Crippen molar-refractivity contribution in [2.24, 2.45) is 0 Å². The first-order chi connectivity index (χ1) is 10.3. The molecule has 0 heterocycles. The Hall–Kier alpha value is -1.32. The highest BCUT2D eigenvalue weighted by Gasteiger charge is 2.25. The van der Waals surface area contributed by atoms with Crippen molar-refractivity contribution in [1.29, 1.82) is 0 Å².